The molecule has 0 radical (unpaired) electrons. The zero-order valence-electron chi connectivity index (χ0n) is 6.28. The van der Waals surface area contributed by atoms with Crippen LogP contribution in [0.5, 0.6) is 0 Å². The number of nitrogens with two attached hydrogens (primary N) is 1. The van der Waals surface area contributed by atoms with Crippen molar-refractivity contribution < 1.29 is 0 Å². The fourth-order valence-corrected chi connectivity index (χ4v) is 1.10. The lowest BCUT2D eigenvalue weighted by Gasteiger charge is -2.17. The maximum Gasteiger partial charge on any atom is 0.0302 e. The molecule has 0 aromatic rings. The van der Waals surface area contributed by atoms with Gasteiger partial charge in [-0.15, -0.1) is 0 Å². The SMILES string of the molecule is C=C(C)C(N)C1(C)CC1. The van der Waals surface area contributed by atoms with Crippen molar-refractivity contribution in [3.05, 3.63) is 12.2 Å². The zero-order chi connectivity index (χ0) is 7.07. The Labute approximate surface area is 56.9 Å². The molecule has 0 saturated heterocycles. The molecule has 1 aliphatic carbocycles. The van der Waals surface area contributed by atoms with Crippen molar-refractivity contribution in [2.75, 3.05) is 0 Å². The predicted molar refractivity (Wildman–Crippen MR) is 40.1 cm³/mol. The summed E-state index contributed by atoms with van der Waals surface area (Å²) in [6, 6.07) is 0.234. The smallest absolute Gasteiger partial charge is 0.0302 e. The second-order valence-electron chi connectivity index (χ2n) is 3.48. The normalized spacial score (nSPS) is 25.2. The monoisotopic (exact) mass is 125 g/mol. The summed E-state index contributed by atoms with van der Waals surface area (Å²) in [5.74, 6) is 0. The maximum absolute atomic E-state index is 5.86. The Morgan fingerprint density at radius 2 is 2.11 bits per heavy atom. The Kier molecular flexibility index (Phi) is 1.39. The van der Waals surface area contributed by atoms with Crippen molar-refractivity contribution >= 4 is 0 Å². The molecule has 52 valence electrons. The molecule has 1 atom stereocenters. The molecule has 0 aromatic heterocycles. The van der Waals surface area contributed by atoms with E-state index in [9.17, 15) is 0 Å². The van der Waals surface area contributed by atoms with Crippen molar-refractivity contribution in [3.63, 3.8) is 0 Å². The van der Waals surface area contributed by atoms with Gasteiger partial charge in [-0.3, -0.25) is 0 Å². The van der Waals surface area contributed by atoms with Crippen LogP contribution in [-0.4, -0.2) is 6.04 Å². The predicted octanol–water partition coefficient (Wildman–Crippen LogP) is 1.69. The molecule has 9 heavy (non-hydrogen) atoms. The molecular weight excluding hydrogens is 110 g/mol. The Bertz CT molecular complexity index is 134. The van der Waals surface area contributed by atoms with E-state index in [0.717, 1.165) is 5.57 Å². The van der Waals surface area contributed by atoms with E-state index < -0.39 is 0 Å². The van der Waals surface area contributed by atoms with Gasteiger partial charge in [0.05, 0.1) is 0 Å². The minimum Gasteiger partial charge on any atom is -0.324 e. The summed E-state index contributed by atoms with van der Waals surface area (Å²) in [5, 5.41) is 0. The van der Waals surface area contributed by atoms with Crippen LogP contribution in [-0.2, 0) is 0 Å². The molecule has 0 aromatic carbocycles. The fraction of sp³-hybridized carbons (Fsp3) is 0.750. The van der Waals surface area contributed by atoms with Gasteiger partial charge in [-0.25, -0.2) is 0 Å². The van der Waals surface area contributed by atoms with Crippen LogP contribution < -0.4 is 5.73 Å². The fourth-order valence-electron chi connectivity index (χ4n) is 1.10. The second-order valence-corrected chi connectivity index (χ2v) is 3.48. The van der Waals surface area contributed by atoms with Crippen molar-refractivity contribution in [3.8, 4) is 0 Å². The van der Waals surface area contributed by atoms with E-state index in [1.54, 1.807) is 0 Å². The van der Waals surface area contributed by atoms with Gasteiger partial charge < -0.3 is 5.73 Å². The second kappa shape index (κ2) is 1.84. The summed E-state index contributed by atoms with van der Waals surface area (Å²) in [5.41, 5.74) is 7.39. The average molecular weight is 125 g/mol. The lowest BCUT2D eigenvalue weighted by molar-refractivity contribution is 0.485. The van der Waals surface area contributed by atoms with Crippen LogP contribution in [0.3, 0.4) is 0 Å². The van der Waals surface area contributed by atoms with Crippen molar-refractivity contribution in [2.24, 2.45) is 11.1 Å². The number of hydrogen-bond acceptors (Lipinski definition) is 1. The molecule has 2 N–H and O–H groups in total. The van der Waals surface area contributed by atoms with Crippen LogP contribution in [0.15, 0.2) is 12.2 Å². The molecule has 1 fully saturated rings. The molecular formula is C8H15N. The van der Waals surface area contributed by atoms with Crippen molar-refractivity contribution in [2.45, 2.75) is 32.7 Å². The standard InChI is InChI=1S/C8H15N/c1-6(2)7(9)8(3)4-5-8/h7H,1,4-5,9H2,2-3H3. The zero-order valence-corrected chi connectivity index (χ0v) is 6.28. The van der Waals surface area contributed by atoms with E-state index >= 15 is 0 Å². The van der Waals surface area contributed by atoms with Crippen LogP contribution in [0, 0.1) is 5.41 Å². The summed E-state index contributed by atoms with van der Waals surface area (Å²) in [4.78, 5) is 0. The van der Waals surface area contributed by atoms with Gasteiger partial charge in [0.2, 0.25) is 0 Å². The van der Waals surface area contributed by atoms with Crippen LogP contribution in [0.1, 0.15) is 26.7 Å². The van der Waals surface area contributed by atoms with E-state index in [1.165, 1.54) is 12.8 Å². The Morgan fingerprint density at radius 1 is 1.67 bits per heavy atom. The summed E-state index contributed by atoms with van der Waals surface area (Å²) in [6.07, 6.45) is 2.56. The van der Waals surface area contributed by atoms with Crippen LogP contribution in [0.25, 0.3) is 0 Å². The van der Waals surface area contributed by atoms with Gasteiger partial charge in [0.1, 0.15) is 0 Å². The highest BCUT2D eigenvalue weighted by molar-refractivity contribution is 5.12. The van der Waals surface area contributed by atoms with E-state index in [1.807, 2.05) is 6.92 Å². The molecule has 0 bridgehead atoms. The van der Waals surface area contributed by atoms with Gasteiger partial charge in [-0.2, -0.15) is 0 Å². The van der Waals surface area contributed by atoms with Crippen LogP contribution >= 0.6 is 0 Å². The molecule has 1 nitrogen and oxygen atoms in total. The summed E-state index contributed by atoms with van der Waals surface area (Å²) in [7, 11) is 0. The van der Waals surface area contributed by atoms with Gasteiger partial charge in [-0.1, -0.05) is 19.1 Å². The minimum atomic E-state index is 0.234. The molecule has 0 spiro atoms. The van der Waals surface area contributed by atoms with E-state index in [-0.39, 0.29) is 6.04 Å². The van der Waals surface area contributed by atoms with Crippen LogP contribution in [0.2, 0.25) is 0 Å². The molecule has 1 rings (SSSR count). The lowest BCUT2D eigenvalue weighted by atomic mass is 9.95. The first-order chi connectivity index (χ1) is 4.06. The topological polar surface area (TPSA) is 26.0 Å². The highest BCUT2D eigenvalue weighted by atomic mass is 14.7. The number of hydrogen-bond donors (Lipinski definition) is 1. The first kappa shape index (κ1) is 6.81. The number of rotatable bonds is 2. The largest absolute Gasteiger partial charge is 0.324 e. The molecule has 1 heteroatoms. The molecule has 1 unspecified atom stereocenters. The Hall–Kier alpha value is -0.300. The molecule has 0 amide bonds. The Morgan fingerprint density at radius 3 is 2.22 bits per heavy atom. The quantitative estimate of drug-likeness (QED) is 0.558. The molecule has 1 saturated carbocycles. The van der Waals surface area contributed by atoms with Crippen LogP contribution in [0.4, 0.5) is 0 Å². The minimum absolute atomic E-state index is 0.234. The maximum atomic E-state index is 5.86. The third-order valence-electron chi connectivity index (χ3n) is 2.32. The molecule has 0 heterocycles. The molecule has 1 aliphatic rings. The van der Waals surface area contributed by atoms with Gasteiger partial charge in [0.25, 0.3) is 0 Å². The summed E-state index contributed by atoms with van der Waals surface area (Å²) >= 11 is 0. The first-order valence-electron chi connectivity index (χ1n) is 3.47. The van der Waals surface area contributed by atoms with E-state index in [2.05, 4.69) is 13.5 Å². The summed E-state index contributed by atoms with van der Waals surface area (Å²) < 4.78 is 0. The summed E-state index contributed by atoms with van der Waals surface area (Å²) in [6.45, 7) is 8.07. The van der Waals surface area contributed by atoms with E-state index in [0.29, 0.717) is 5.41 Å². The van der Waals surface area contributed by atoms with Crippen molar-refractivity contribution in [1.29, 1.82) is 0 Å². The highest BCUT2D eigenvalue weighted by Crippen LogP contribution is 2.48. The molecule has 0 aliphatic heterocycles. The average Bonchev–Trinajstić information content (AvgIpc) is 2.47. The van der Waals surface area contributed by atoms with E-state index in [4.69, 9.17) is 5.73 Å². The van der Waals surface area contributed by atoms with Gasteiger partial charge in [0.15, 0.2) is 0 Å². The third kappa shape index (κ3) is 1.16. The third-order valence-corrected chi connectivity index (χ3v) is 2.32. The highest BCUT2D eigenvalue weighted by Gasteiger charge is 2.42. The van der Waals surface area contributed by atoms with Gasteiger partial charge >= 0.3 is 0 Å². The van der Waals surface area contributed by atoms with Gasteiger partial charge in [-0.05, 0) is 25.2 Å². The first-order valence-corrected chi connectivity index (χ1v) is 3.47. The van der Waals surface area contributed by atoms with Gasteiger partial charge in [0, 0.05) is 6.04 Å². The lowest BCUT2D eigenvalue weighted by Crippen LogP contribution is -2.30. The Balaban J connectivity index is 2.52. The van der Waals surface area contributed by atoms with Crippen molar-refractivity contribution in [1.82, 2.24) is 0 Å².